The van der Waals surface area contributed by atoms with Gasteiger partial charge in [-0.3, -0.25) is 4.90 Å². The summed E-state index contributed by atoms with van der Waals surface area (Å²) in [4.78, 5) is 35.7. The third-order valence-electron chi connectivity index (χ3n) is 8.43. The number of piperidine rings is 1. The van der Waals surface area contributed by atoms with Crippen molar-refractivity contribution < 1.29 is 32.5 Å². The lowest BCUT2D eigenvalue weighted by atomic mass is 10.0. The average molecular weight is 680 g/mol. The van der Waals surface area contributed by atoms with E-state index in [2.05, 4.69) is 35.1 Å². The zero-order valence-corrected chi connectivity index (χ0v) is 27.9. The molecule has 0 radical (unpaired) electrons. The Kier molecular flexibility index (Phi) is 9.66. The number of carbonyl (C=O) groups excluding carboxylic acids is 1. The normalized spacial score (nSPS) is 19.8. The molecular weight excluding hydrogens is 640 g/mol. The number of nitriles is 1. The molecule has 0 saturated carbocycles. The van der Waals surface area contributed by atoms with Crippen LogP contribution in [0.4, 0.5) is 31.0 Å². The summed E-state index contributed by atoms with van der Waals surface area (Å²) in [6.45, 7) is 9.30. The molecule has 3 aromatic heterocycles. The van der Waals surface area contributed by atoms with Crippen LogP contribution in [0.1, 0.15) is 32.8 Å². The van der Waals surface area contributed by atoms with Gasteiger partial charge in [-0.1, -0.05) is 0 Å². The first-order chi connectivity index (χ1) is 23.4. The highest BCUT2D eigenvalue weighted by molar-refractivity contribution is 5.68. The van der Waals surface area contributed by atoms with Gasteiger partial charge < -0.3 is 34.1 Å². The number of rotatable bonds is 8. The highest BCUT2D eigenvalue weighted by Gasteiger charge is 2.49. The molecular formula is C33H39F2N9O5. The van der Waals surface area contributed by atoms with Crippen LogP contribution in [0, 0.1) is 11.3 Å². The summed E-state index contributed by atoms with van der Waals surface area (Å²) >= 11 is 0. The molecule has 16 heteroatoms. The highest BCUT2D eigenvalue weighted by atomic mass is 19.3. The largest absolute Gasteiger partial charge is 0.479 e. The van der Waals surface area contributed by atoms with E-state index < -0.39 is 30.3 Å². The summed E-state index contributed by atoms with van der Waals surface area (Å²) in [6, 6.07) is 9.37. The lowest BCUT2D eigenvalue weighted by Crippen LogP contribution is -2.56. The van der Waals surface area contributed by atoms with Gasteiger partial charge in [0.05, 0.1) is 38.6 Å². The van der Waals surface area contributed by atoms with Gasteiger partial charge in [0.15, 0.2) is 6.10 Å². The summed E-state index contributed by atoms with van der Waals surface area (Å²) in [5.41, 5.74) is 0.929. The Morgan fingerprint density at radius 1 is 1.08 bits per heavy atom. The van der Waals surface area contributed by atoms with Crippen LogP contribution in [0.15, 0.2) is 36.7 Å². The summed E-state index contributed by atoms with van der Waals surface area (Å²) in [5.74, 6) is -2.44. The summed E-state index contributed by atoms with van der Waals surface area (Å²) < 4.78 is 52.0. The van der Waals surface area contributed by atoms with Crippen molar-refractivity contribution in [1.82, 2.24) is 29.7 Å². The molecule has 0 bridgehead atoms. The van der Waals surface area contributed by atoms with Crippen molar-refractivity contribution in [2.24, 2.45) is 0 Å². The number of aromatic nitrogens is 4. The van der Waals surface area contributed by atoms with E-state index in [1.807, 2.05) is 18.2 Å². The number of pyridine rings is 2. The van der Waals surface area contributed by atoms with E-state index >= 15 is 8.78 Å². The quantitative estimate of drug-likeness (QED) is 0.364. The first kappa shape index (κ1) is 34.0. The van der Waals surface area contributed by atoms with Gasteiger partial charge in [-0.05, 0) is 45.0 Å². The minimum Gasteiger partial charge on any atom is -0.479 e. The number of methoxy groups -OCH3 is 1. The maximum atomic E-state index is 15.1. The molecule has 6 heterocycles. The van der Waals surface area contributed by atoms with Crippen LogP contribution in [0.5, 0.6) is 11.8 Å². The SMILES string of the molecule is COc1nc(Nc2nccc(-c3cnc(OC4CCN(C(=O)OC(C)(C)C)CC4(F)F)c(C#N)c3)n2)ccc1N1CCN(C2COC2)CC1. The molecule has 1 amide bonds. The van der Waals surface area contributed by atoms with Crippen LogP contribution in [-0.4, -0.2) is 119 Å². The van der Waals surface area contributed by atoms with Gasteiger partial charge >= 0.3 is 12.0 Å². The van der Waals surface area contributed by atoms with Crippen molar-refractivity contribution in [2.45, 2.75) is 50.9 Å². The van der Waals surface area contributed by atoms with Crippen molar-refractivity contribution in [3.05, 3.63) is 42.2 Å². The van der Waals surface area contributed by atoms with Crippen molar-refractivity contribution in [3.63, 3.8) is 0 Å². The molecule has 1 unspecified atom stereocenters. The second-order valence-corrected chi connectivity index (χ2v) is 13.1. The lowest BCUT2D eigenvalue weighted by molar-refractivity contribution is -0.138. The third kappa shape index (κ3) is 7.89. The van der Waals surface area contributed by atoms with Gasteiger partial charge in [-0.2, -0.15) is 10.2 Å². The molecule has 14 nitrogen and oxygen atoms in total. The van der Waals surface area contributed by atoms with Crippen molar-refractivity contribution >= 4 is 23.5 Å². The van der Waals surface area contributed by atoms with Crippen LogP contribution in [0.3, 0.4) is 0 Å². The zero-order valence-electron chi connectivity index (χ0n) is 27.9. The molecule has 6 rings (SSSR count). The molecule has 3 fully saturated rings. The first-order valence-corrected chi connectivity index (χ1v) is 16.1. The van der Waals surface area contributed by atoms with E-state index in [1.165, 1.54) is 12.3 Å². The fraction of sp³-hybridized carbons (Fsp3) is 0.515. The molecule has 1 atom stereocenters. The standard InChI is InChI=1S/C33H39F2N9O5/c1-32(2,3)49-31(45)44-10-8-26(33(34,35)20-44)48-28-21(16-36)15-22(17-38-28)24-7-9-37-30(39-24)41-27-6-5-25(29(40-27)46-4)43-13-11-42(12-14-43)23-18-47-19-23/h5-7,9,15,17,23,26H,8,10-14,18-20H2,1-4H3,(H,37,39,40,41). The molecule has 0 aliphatic carbocycles. The van der Waals surface area contributed by atoms with E-state index in [1.54, 1.807) is 40.1 Å². The Morgan fingerprint density at radius 3 is 2.51 bits per heavy atom. The number of ether oxygens (including phenoxy) is 4. The molecule has 3 aromatic rings. The smallest absolute Gasteiger partial charge is 0.410 e. The zero-order chi connectivity index (χ0) is 34.8. The second kappa shape index (κ2) is 13.9. The van der Waals surface area contributed by atoms with E-state index in [-0.39, 0.29) is 30.4 Å². The van der Waals surface area contributed by atoms with Crippen LogP contribution in [0.25, 0.3) is 11.3 Å². The number of carbonyl (C=O) groups is 1. The number of piperazine rings is 1. The number of halogens is 2. The van der Waals surface area contributed by atoms with Crippen LogP contribution >= 0.6 is 0 Å². The number of hydrogen-bond acceptors (Lipinski definition) is 13. The Labute approximate surface area is 283 Å². The van der Waals surface area contributed by atoms with Crippen LogP contribution in [0.2, 0.25) is 0 Å². The van der Waals surface area contributed by atoms with E-state index in [4.69, 9.17) is 18.9 Å². The molecule has 3 aliphatic rings. The van der Waals surface area contributed by atoms with Gasteiger partial charge in [0, 0.05) is 57.1 Å². The van der Waals surface area contributed by atoms with Gasteiger partial charge in [0.2, 0.25) is 17.7 Å². The Balaban J connectivity index is 1.11. The number of hydrogen-bond donors (Lipinski definition) is 1. The molecule has 3 saturated heterocycles. The van der Waals surface area contributed by atoms with E-state index in [0.29, 0.717) is 29.0 Å². The number of amides is 1. The minimum absolute atomic E-state index is 0.00285. The molecule has 0 spiro atoms. The fourth-order valence-corrected chi connectivity index (χ4v) is 5.80. The average Bonchev–Trinajstić information content (AvgIpc) is 3.04. The van der Waals surface area contributed by atoms with E-state index in [0.717, 1.165) is 50.0 Å². The minimum atomic E-state index is -3.40. The van der Waals surface area contributed by atoms with Crippen molar-refractivity contribution in [3.8, 4) is 29.1 Å². The number of anilines is 3. The summed E-state index contributed by atoms with van der Waals surface area (Å²) in [5, 5.41) is 12.9. The topological polar surface area (TPSA) is 151 Å². The van der Waals surface area contributed by atoms with Crippen LogP contribution in [-0.2, 0) is 9.47 Å². The lowest BCUT2D eigenvalue weighted by Gasteiger charge is -2.43. The predicted octanol–water partition coefficient (Wildman–Crippen LogP) is 4.10. The molecule has 1 N–H and O–H groups in total. The molecule has 49 heavy (non-hydrogen) atoms. The van der Waals surface area contributed by atoms with Gasteiger partial charge in [0.25, 0.3) is 0 Å². The van der Waals surface area contributed by atoms with Crippen LogP contribution < -0.4 is 19.7 Å². The molecule has 3 aliphatic heterocycles. The third-order valence-corrected chi connectivity index (χ3v) is 8.43. The number of nitrogens with one attached hydrogen (secondary N) is 1. The van der Waals surface area contributed by atoms with Gasteiger partial charge in [0.1, 0.15) is 28.7 Å². The van der Waals surface area contributed by atoms with Gasteiger partial charge in [-0.15, -0.1) is 0 Å². The highest BCUT2D eigenvalue weighted by Crippen LogP contribution is 2.34. The Bertz CT molecular complexity index is 1700. The number of alkyl halides is 2. The van der Waals surface area contributed by atoms with Crippen molar-refractivity contribution in [2.75, 3.05) is 69.8 Å². The number of nitrogens with zero attached hydrogens (tertiary/aromatic N) is 8. The monoisotopic (exact) mass is 679 g/mol. The maximum absolute atomic E-state index is 15.1. The fourth-order valence-electron chi connectivity index (χ4n) is 5.80. The van der Waals surface area contributed by atoms with E-state index in [9.17, 15) is 10.1 Å². The Hall–Kier alpha value is -4.88. The number of likely N-dealkylation sites (tertiary alicyclic amines) is 1. The molecule has 260 valence electrons. The summed E-state index contributed by atoms with van der Waals surface area (Å²) in [6.07, 6.45) is 0.353. The van der Waals surface area contributed by atoms with Crippen molar-refractivity contribution in [1.29, 1.82) is 5.26 Å². The maximum Gasteiger partial charge on any atom is 0.410 e. The Morgan fingerprint density at radius 2 is 1.86 bits per heavy atom. The van der Waals surface area contributed by atoms with Gasteiger partial charge in [-0.25, -0.2) is 28.5 Å². The second-order valence-electron chi connectivity index (χ2n) is 13.1. The summed E-state index contributed by atoms with van der Waals surface area (Å²) in [7, 11) is 1.58. The molecule has 0 aromatic carbocycles. The predicted molar refractivity (Wildman–Crippen MR) is 174 cm³/mol. The first-order valence-electron chi connectivity index (χ1n) is 16.1.